The minimum atomic E-state index is -1.03. The molecular weight excluding hydrogens is 470 g/mol. The maximum atomic E-state index is 13.5. The molecule has 9 nitrogen and oxygen atoms in total. The van der Waals surface area contributed by atoms with Crippen molar-refractivity contribution in [1.29, 1.82) is 0 Å². The van der Waals surface area contributed by atoms with Gasteiger partial charge in [0.1, 0.15) is 6.04 Å². The van der Waals surface area contributed by atoms with E-state index in [0.29, 0.717) is 43.1 Å². The quantitative estimate of drug-likeness (QED) is 0.482. The lowest BCUT2D eigenvalue weighted by Gasteiger charge is -2.40. The van der Waals surface area contributed by atoms with Gasteiger partial charge >= 0.3 is 12.0 Å². The fourth-order valence-corrected chi connectivity index (χ4v) is 5.20. The van der Waals surface area contributed by atoms with Gasteiger partial charge in [0.25, 0.3) is 0 Å². The van der Waals surface area contributed by atoms with Crippen molar-refractivity contribution < 1.29 is 29.0 Å². The van der Waals surface area contributed by atoms with Crippen LogP contribution in [0.1, 0.15) is 55.5 Å². The van der Waals surface area contributed by atoms with Gasteiger partial charge in [-0.1, -0.05) is 31.9 Å². The number of ether oxygens (including phenoxy) is 2. The summed E-state index contributed by atoms with van der Waals surface area (Å²) in [6, 6.07) is 7.52. The standard InChI is InChI=1S/C25H31N3O6S/c1-2-3-7-20(28-11-5-10-27(25(28)32)15-18-6-4-12-35-18)24(31)26-19(14-23(29)30)17-8-9-21-22(13-17)34-16-33-21/h4,6,8-9,12-13,19-20H,2-3,5,7,10-11,14-16H2,1H3,(H,26,31)(H,29,30)/t19-,20-/m0/s1. The number of rotatable bonds is 11. The van der Waals surface area contributed by atoms with Crippen LogP contribution in [-0.2, 0) is 16.1 Å². The largest absolute Gasteiger partial charge is 0.481 e. The number of fused-ring (bicyclic) bond motifs is 1. The Labute approximate surface area is 208 Å². The highest BCUT2D eigenvalue weighted by atomic mass is 32.1. The number of hydrogen-bond acceptors (Lipinski definition) is 6. The van der Waals surface area contributed by atoms with Gasteiger partial charge in [-0.2, -0.15) is 0 Å². The number of unbranched alkanes of at least 4 members (excludes halogenated alkanes) is 1. The van der Waals surface area contributed by atoms with Crippen molar-refractivity contribution in [3.05, 3.63) is 46.2 Å². The monoisotopic (exact) mass is 501 g/mol. The zero-order chi connectivity index (χ0) is 24.8. The predicted molar refractivity (Wildman–Crippen MR) is 130 cm³/mol. The maximum Gasteiger partial charge on any atom is 0.321 e. The maximum absolute atomic E-state index is 13.5. The van der Waals surface area contributed by atoms with E-state index in [2.05, 4.69) is 5.32 Å². The highest BCUT2D eigenvalue weighted by Gasteiger charge is 2.36. The van der Waals surface area contributed by atoms with E-state index in [1.54, 1.807) is 39.3 Å². The molecule has 188 valence electrons. The third-order valence-corrected chi connectivity index (χ3v) is 7.14. The van der Waals surface area contributed by atoms with Crippen LogP contribution in [0.3, 0.4) is 0 Å². The van der Waals surface area contributed by atoms with E-state index in [0.717, 1.165) is 24.1 Å². The Morgan fingerprint density at radius 1 is 1.20 bits per heavy atom. The molecule has 3 amide bonds. The molecule has 4 rings (SSSR count). The first kappa shape index (κ1) is 24.8. The molecule has 0 radical (unpaired) electrons. The van der Waals surface area contributed by atoms with Crippen molar-refractivity contribution in [2.75, 3.05) is 19.9 Å². The lowest BCUT2D eigenvalue weighted by atomic mass is 10.0. The second-order valence-electron chi connectivity index (χ2n) is 8.76. The highest BCUT2D eigenvalue weighted by molar-refractivity contribution is 7.09. The third kappa shape index (κ3) is 6.05. The molecule has 0 saturated carbocycles. The Morgan fingerprint density at radius 2 is 2.03 bits per heavy atom. The number of nitrogens with one attached hydrogen (secondary N) is 1. The Bertz CT molecular complexity index is 1040. The SMILES string of the molecule is CCCC[C@@H](C(=O)N[C@@H](CC(=O)O)c1ccc2c(c1)OCO2)N1CCCN(Cc2cccs2)C1=O. The number of carboxylic acids is 1. The van der Waals surface area contributed by atoms with Gasteiger partial charge in [0, 0.05) is 18.0 Å². The summed E-state index contributed by atoms with van der Waals surface area (Å²) >= 11 is 1.60. The average Bonchev–Trinajstić information content (AvgIpc) is 3.52. The van der Waals surface area contributed by atoms with Gasteiger partial charge in [-0.05, 0) is 42.0 Å². The molecule has 0 unspecified atom stereocenters. The zero-order valence-electron chi connectivity index (χ0n) is 19.8. The van der Waals surface area contributed by atoms with Crippen LogP contribution in [0.4, 0.5) is 4.79 Å². The van der Waals surface area contributed by atoms with Crippen LogP contribution in [-0.4, -0.2) is 58.7 Å². The van der Waals surface area contributed by atoms with Crippen LogP contribution >= 0.6 is 11.3 Å². The summed E-state index contributed by atoms with van der Waals surface area (Å²) in [6.45, 7) is 3.81. The van der Waals surface area contributed by atoms with Gasteiger partial charge in [0.2, 0.25) is 12.7 Å². The average molecular weight is 502 g/mol. The minimum absolute atomic E-state index is 0.104. The number of carboxylic acid groups (broad SMARTS) is 1. The number of thiophene rings is 1. The molecule has 3 heterocycles. The topological polar surface area (TPSA) is 108 Å². The number of carbonyl (C=O) groups is 3. The molecule has 0 spiro atoms. The van der Waals surface area contributed by atoms with Gasteiger partial charge in [-0.25, -0.2) is 4.79 Å². The third-order valence-electron chi connectivity index (χ3n) is 6.27. The number of aliphatic carboxylic acids is 1. The summed E-state index contributed by atoms with van der Waals surface area (Å²) in [5.74, 6) is -0.271. The second kappa shape index (κ2) is 11.4. The summed E-state index contributed by atoms with van der Waals surface area (Å²) < 4.78 is 10.8. The summed E-state index contributed by atoms with van der Waals surface area (Å²) in [4.78, 5) is 43.1. The molecular formula is C25H31N3O6S. The number of hydrogen-bond donors (Lipinski definition) is 2. The number of amides is 3. The molecule has 2 N–H and O–H groups in total. The van der Waals surface area contributed by atoms with E-state index in [1.165, 1.54) is 0 Å². The Morgan fingerprint density at radius 3 is 2.77 bits per heavy atom. The van der Waals surface area contributed by atoms with Crippen LogP contribution < -0.4 is 14.8 Å². The first-order valence-corrected chi connectivity index (χ1v) is 12.8. The Kier molecular flexibility index (Phi) is 8.12. The van der Waals surface area contributed by atoms with Crippen LogP contribution in [0, 0.1) is 0 Å². The van der Waals surface area contributed by atoms with E-state index in [4.69, 9.17) is 9.47 Å². The summed E-state index contributed by atoms with van der Waals surface area (Å²) in [5.41, 5.74) is 0.614. The van der Waals surface area contributed by atoms with E-state index >= 15 is 0 Å². The lowest BCUT2D eigenvalue weighted by molar-refractivity contribution is -0.138. The number of urea groups is 1. The van der Waals surface area contributed by atoms with Gasteiger partial charge in [0.05, 0.1) is 19.0 Å². The van der Waals surface area contributed by atoms with Crippen LogP contribution in [0.5, 0.6) is 11.5 Å². The summed E-state index contributed by atoms with van der Waals surface area (Å²) in [6.07, 6.45) is 2.66. The molecule has 2 aliphatic rings. The molecule has 2 aromatic rings. The Hall–Kier alpha value is -3.27. The molecule has 1 aromatic heterocycles. The molecule has 10 heteroatoms. The predicted octanol–water partition coefficient (Wildman–Crippen LogP) is 4.00. The molecule has 2 aliphatic heterocycles. The van der Waals surface area contributed by atoms with Gasteiger partial charge in [-0.15, -0.1) is 11.3 Å². The second-order valence-corrected chi connectivity index (χ2v) is 9.79. The van der Waals surface area contributed by atoms with Gasteiger partial charge in [-0.3, -0.25) is 9.59 Å². The molecule has 1 fully saturated rings. The van der Waals surface area contributed by atoms with Crippen molar-refractivity contribution >= 4 is 29.2 Å². The molecule has 2 atom stereocenters. The number of carbonyl (C=O) groups excluding carboxylic acids is 2. The summed E-state index contributed by atoms with van der Waals surface area (Å²) in [7, 11) is 0. The first-order chi connectivity index (χ1) is 17.0. The van der Waals surface area contributed by atoms with Gasteiger partial charge in [0.15, 0.2) is 11.5 Å². The zero-order valence-corrected chi connectivity index (χ0v) is 20.6. The molecule has 35 heavy (non-hydrogen) atoms. The molecule has 0 aliphatic carbocycles. The van der Waals surface area contributed by atoms with E-state index < -0.39 is 18.1 Å². The van der Waals surface area contributed by atoms with Crippen molar-refractivity contribution in [3.8, 4) is 11.5 Å². The van der Waals surface area contributed by atoms with Crippen molar-refractivity contribution in [2.24, 2.45) is 0 Å². The number of benzene rings is 1. The highest BCUT2D eigenvalue weighted by Crippen LogP contribution is 2.35. The van der Waals surface area contributed by atoms with E-state index in [9.17, 15) is 19.5 Å². The smallest absolute Gasteiger partial charge is 0.321 e. The number of nitrogens with zero attached hydrogens (tertiary/aromatic N) is 2. The fraction of sp³-hybridized carbons (Fsp3) is 0.480. The van der Waals surface area contributed by atoms with E-state index in [-0.39, 0.29) is 25.2 Å². The van der Waals surface area contributed by atoms with Crippen LogP contribution in [0.2, 0.25) is 0 Å². The summed E-state index contributed by atoms with van der Waals surface area (Å²) in [5, 5.41) is 14.4. The Balaban J connectivity index is 1.52. The first-order valence-electron chi connectivity index (χ1n) is 12.0. The minimum Gasteiger partial charge on any atom is -0.481 e. The lowest BCUT2D eigenvalue weighted by Crippen LogP contribution is -2.57. The van der Waals surface area contributed by atoms with E-state index in [1.807, 2.05) is 24.4 Å². The van der Waals surface area contributed by atoms with Gasteiger partial charge < -0.3 is 29.7 Å². The molecule has 1 aromatic carbocycles. The fourth-order valence-electron chi connectivity index (χ4n) is 4.48. The molecule has 1 saturated heterocycles. The molecule has 0 bridgehead atoms. The van der Waals surface area contributed by atoms with Crippen molar-refractivity contribution in [3.63, 3.8) is 0 Å². The van der Waals surface area contributed by atoms with Crippen molar-refractivity contribution in [2.45, 2.75) is 57.7 Å². The van der Waals surface area contributed by atoms with Crippen molar-refractivity contribution in [1.82, 2.24) is 15.1 Å². The normalized spacial score (nSPS) is 16.8. The van der Waals surface area contributed by atoms with Crippen LogP contribution in [0.15, 0.2) is 35.7 Å². The van der Waals surface area contributed by atoms with Crippen LogP contribution in [0.25, 0.3) is 0 Å².